The van der Waals surface area contributed by atoms with Gasteiger partial charge in [-0.3, -0.25) is 0 Å². The molecule has 0 bridgehead atoms. The number of nitrogens with zero attached hydrogens (tertiary/aromatic N) is 2. The third-order valence-corrected chi connectivity index (χ3v) is 3.43. The third-order valence-electron chi connectivity index (χ3n) is 3.43. The van der Waals surface area contributed by atoms with Gasteiger partial charge in [0.15, 0.2) is 5.84 Å². The van der Waals surface area contributed by atoms with Gasteiger partial charge < -0.3 is 21.2 Å². The van der Waals surface area contributed by atoms with Crippen LogP contribution in [-0.4, -0.2) is 42.1 Å². The molecule has 1 heterocycles. The maximum Gasteiger partial charge on any atom is 0.170 e. The standard InChI is InChI=1S/C13H19FN4O/c1-18-5-4-11(8-18)16-7-10-3-2-9(6-12(10)14)13(15)17-19/h2-3,6,11,16,19H,4-5,7-8H2,1H3,(H2,15,17). The van der Waals surface area contributed by atoms with E-state index in [1.54, 1.807) is 12.1 Å². The van der Waals surface area contributed by atoms with E-state index in [-0.39, 0.29) is 11.7 Å². The van der Waals surface area contributed by atoms with E-state index in [1.807, 2.05) is 0 Å². The van der Waals surface area contributed by atoms with E-state index in [0.29, 0.717) is 23.7 Å². The average molecular weight is 266 g/mol. The second-order valence-electron chi connectivity index (χ2n) is 4.92. The molecule has 0 radical (unpaired) electrons. The molecule has 1 atom stereocenters. The Morgan fingerprint density at radius 1 is 1.63 bits per heavy atom. The van der Waals surface area contributed by atoms with Gasteiger partial charge >= 0.3 is 0 Å². The van der Waals surface area contributed by atoms with Gasteiger partial charge in [0.05, 0.1) is 0 Å². The van der Waals surface area contributed by atoms with Gasteiger partial charge in [-0.05, 0) is 26.1 Å². The van der Waals surface area contributed by atoms with E-state index in [2.05, 4.69) is 22.4 Å². The fourth-order valence-corrected chi connectivity index (χ4v) is 2.26. The van der Waals surface area contributed by atoms with E-state index in [9.17, 15) is 4.39 Å². The quantitative estimate of drug-likeness (QED) is 0.325. The number of oxime groups is 1. The van der Waals surface area contributed by atoms with Crippen LogP contribution in [0.1, 0.15) is 17.5 Å². The Kier molecular flexibility index (Phi) is 4.34. The maximum absolute atomic E-state index is 13.9. The molecule has 1 aliphatic heterocycles. The number of benzene rings is 1. The molecule has 0 amide bonds. The molecule has 19 heavy (non-hydrogen) atoms. The Bertz CT molecular complexity index is 478. The van der Waals surface area contributed by atoms with Crippen LogP contribution in [0.2, 0.25) is 0 Å². The fourth-order valence-electron chi connectivity index (χ4n) is 2.26. The van der Waals surface area contributed by atoms with Crippen LogP contribution in [0.4, 0.5) is 4.39 Å². The number of likely N-dealkylation sites (tertiary alicyclic amines) is 1. The summed E-state index contributed by atoms with van der Waals surface area (Å²) in [7, 11) is 2.08. The topological polar surface area (TPSA) is 73.9 Å². The smallest absolute Gasteiger partial charge is 0.170 e. The second kappa shape index (κ2) is 5.99. The molecule has 1 fully saturated rings. The lowest BCUT2D eigenvalue weighted by molar-refractivity contribution is 0.318. The Morgan fingerprint density at radius 2 is 2.42 bits per heavy atom. The Hall–Kier alpha value is -1.66. The van der Waals surface area contributed by atoms with Crippen molar-refractivity contribution in [3.8, 4) is 0 Å². The molecular formula is C13H19FN4O. The summed E-state index contributed by atoms with van der Waals surface area (Å²) in [6, 6.07) is 5.00. The van der Waals surface area contributed by atoms with E-state index < -0.39 is 0 Å². The molecule has 0 aromatic heterocycles. The van der Waals surface area contributed by atoms with Crippen molar-refractivity contribution >= 4 is 5.84 Å². The first-order valence-electron chi connectivity index (χ1n) is 6.28. The SMILES string of the molecule is CN1CCC(NCc2ccc(C(N)=NO)cc2F)C1. The summed E-state index contributed by atoms with van der Waals surface area (Å²) in [4.78, 5) is 2.25. The van der Waals surface area contributed by atoms with Crippen molar-refractivity contribution < 1.29 is 9.60 Å². The third kappa shape index (κ3) is 3.42. The minimum atomic E-state index is -0.344. The Balaban J connectivity index is 1.97. The van der Waals surface area contributed by atoms with Gasteiger partial charge in [-0.2, -0.15) is 0 Å². The molecule has 4 N–H and O–H groups in total. The number of amidine groups is 1. The van der Waals surface area contributed by atoms with Gasteiger partial charge in [-0.15, -0.1) is 0 Å². The number of nitrogens with two attached hydrogens (primary N) is 1. The normalized spacial score (nSPS) is 20.9. The van der Waals surface area contributed by atoms with Crippen molar-refractivity contribution in [2.45, 2.75) is 19.0 Å². The van der Waals surface area contributed by atoms with Crippen LogP contribution in [-0.2, 0) is 6.54 Å². The maximum atomic E-state index is 13.9. The first-order valence-corrected chi connectivity index (χ1v) is 6.28. The second-order valence-corrected chi connectivity index (χ2v) is 4.92. The predicted molar refractivity (Wildman–Crippen MR) is 71.7 cm³/mol. The van der Waals surface area contributed by atoms with Crippen molar-refractivity contribution in [1.29, 1.82) is 0 Å². The molecule has 6 heteroatoms. The molecule has 1 saturated heterocycles. The van der Waals surface area contributed by atoms with Gasteiger partial charge in [-0.25, -0.2) is 4.39 Å². The van der Waals surface area contributed by atoms with E-state index in [0.717, 1.165) is 19.5 Å². The highest BCUT2D eigenvalue weighted by Crippen LogP contribution is 2.12. The minimum absolute atomic E-state index is 0.0872. The van der Waals surface area contributed by atoms with Crippen molar-refractivity contribution in [3.05, 3.63) is 35.1 Å². The van der Waals surface area contributed by atoms with E-state index in [1.165, 1.54) is 6.07 Å². The van der Waals surface area contributed by atoms with Crippen molar-refractivity contribution in [3.63, 3.8) is 0 Å². The fraction of sp³-hybridized carbons (Fsp3) is 0.462. The number of rotatable bonds is 4. The molecule has 1 aromatic rings. The van der Waals surface area contributed by atoms with E-state index >= 15 is 0 Å². The summed E-state index contributed by atoms with van der Waals surface area (Å²) < 4.78 is 13.9. The van der Waals surface area contributed by atoms with Crippen LogP contribution in [0.3, 0.4) is 0 Å². The lowest BCUT2D eigenvalue weighted by Crippen LogP contribution is -2.31. The number of hydrogen-bond acceptors (Lipinski definition) is 4. The van der Waals surface area contributed by atoms with Gasteiger partial charge in [0, 0.05) is 30.3 Å². The molecule has 2 rings (SSSR count). The highest BCUT2D eigenvalue weighted by atomic mass is 19.1. The molecule has 5 nitrogen and oxygen atoms in total. The first-order chi connectivity index (χ1) is 9.10. The first kappa shape index (κ1) is 13.8. The molecule has 104 valence electrons. The number of nitrogens with one attached hydrogen (secondary N) is 1. The summed E-state index contributed by atoms with van der Waals surface area (Å²) in [6.07, 6.45) is 1.08. The Labute approximate surface area is 111 Å². The summed E-state index contributed by atoms with van der Waals surface area (Å²) in [6.45, 7) is 2.55. The largest absolute Gasteiger partial charge is 0.409 e. The number of halogens is 1. The summed E-state index contributed by atoms with van der Waals surface area (Å²) in [5, 5.41) is 14.7. The summed E-state index contributed by atoms with van der Waals surface area (Å²) >= 11 is 0. The lowest BCUT2D eigenvalue weighted by atomic mass is 10.1. The molecule has 1 aromatic carbocycles. The molecule has 0 saturated carbocycles. The highest BCUT2D eigenvalue weighted by molar-refractivity contribution is 5.97. The van der Waals surface area contributed by atoms with Crippen molar-refractivity contribution in [1.82, 2.24) is 10.2 Å². The Morgan fingerprint density at radius 3 is 3.00 bits per heavy atom. The van der Waals surface area contributed by atoms with Crippen molar-refractivity contribution in [2.24, 2.45) is 10.9 Å². The number of likely N-dealkylation sites (N-methyl/N-ethyl adjacent to an activating group) is 1. The number of hydrogen-bond donors (Lipinski definition) is 3. The highest BCUT2D eigenvalue weighted by Gasteiger charge is 2.19. The van der Waals surface area contributed by atoms with Crippen molar-refractivity contribution in [2.75, 3.05) is 20.1 Å². The van der Waals surface area contributed by atoms with Crippen LogP contribution < -0.4 is 11.1 Å². The lowest BCUT2D eigenvalue weighted by Gasteiger charge is -2.13. The summed E-state index contributed by atoms with van der Waals surface area (Å²) in [5.41, 5.74) is 6.38. The zero-order chi connectivity index (χ0) is 13.8. The molecule has 0 aliphatic carbocycles. The van der Waals surface area contributed by atoms with Crippen LogP contribution >= 0.6 is 0 Å². The molecule has 1 aliphatic rings. The predicted octanol–water partition coefficient (Wildman–Crippen LogP) is 0.714. The zero-order valence-corrected chi connectivity index (χ0v) is 10.9. The van der Waals surface area contributed by atoms with Gasteiger partial charge in [0.25, 0.3) is 0 Å². The van der Waals surface area contributed by atoms with Crippen LogP contribution in [0.5, 0.6) is 0 Å². The van der Waals surface area contributed by atoms with Crippen LogP contribution in [0.15, 0.2) is 23.4 Å². The minimum Gasteiger partial charge on any atom is -0.409 e. The van der Waals surface area contributed by atoms with Gasteiger partial charge in [0.1, 0.15) is 5.82 Å². The molecular weight excluding hydrogens is 247 g/mol. The monoisotopic (exact) mass is 266 g/mol. The summed E-state index contributed by atoms with van der Waals surface area (Å²) in [5.74, 6) is -0.432. The zero-order valence-electron chi connectivity index (χ0n) is 10.9. The van der Waals surface area contributed by atoms with Gasteiger partial charge in [-0.1, -0.05) is 17.3 Å². The molecule has 0 spiro atoms. The van der Waals surface area contributed by atoms with Crippen LogP contribution in [0, 0.1) is 5.82 Å². The van der Waals surface area contributed by atoms with E-state index in [4.69, 9.17) is 10.9 Å². The van der Waals surface area contributed by atoms with Gasteiger partial charge in [0.2, 0.25) is 0 Å². The molecule has 1 unspecified atom stereocenters. The average Bonchev–Trinajstić information content (AvgIpc) is 2.82. The van der Waals surface area contributed by atoms with Crippen LogP contribution in [0.25, 0.3) is 0 Å².